The van der Waals surface area contributed by atoms with Gasteiger partial charge in [0.05, 0.1) is 0 Å². The number of rotatable bonds is 2. The number of hydrogen-bond donors (Lipinski definition) is 1. The maximum absolute atomic E-state index is 10.6. The summed E-state index contributed by atoms with van der Waals surface area (Å²) in [5, 5.41) is 16.3. The van der Waals surface area contributed by atoms with Crippen molar-refractivity contribution >= 4 is 23.5 Å². The Bertz CT molecular complexity index is 361. The summed E-state index contributed by atoms with van der Waals surface area (Å²) >= 11 is 1.94. The molecule has 1 fully saturated rings. The molecule has 0 spiro atoms. The van der Waals surface area contributed by atoms with Crippen LogP contribution in [0.4, 0.5) is 5.82 Å². The van der Waals surface area contributed by atoms with Crippen molar-refractivity contribution in [2.45, 2.75) is 6.42 Å². The number of carboxylic acid groups (broad SMARTS) is 1. The normalized spacial score (nSPS) is 16.9. The van der Waals surface area contributed by atoms with Gasteiger partial charge in [-0.2, -0.15) is 11.8 Å². The van der Waals surface area contributed by atoms with Gasteiger partial charge in [-0.3, -0.25) is 0 Å². The SMILES string of the molecule is O=C(O)c1ccc(N2CCCSCC2)nn1. The molecule has 0 bridgehead atoms. The van der Waals surface area contributed by atoms with Crippen LogP contribution in [0.1, 0.15) is 16.9 Å². The minimum absolute atomic E-state index is 0.00653. The van der Waals surface area contributed by atoms with Gasteiger partial charge in [-0.1, -0.05) is 0 Å². The highest BCUT2D eigenvalue weighted by molar-refractivity contribution is 7.99. The average Bonchev–Trinajstić information content (AvgIpc) is 2.57. The summed E-state index contributed by atoms with van der Waals surface area (Å²) in [7, 11) is 0. The van der Waals surface area contributed by atoms with E-state index in [0.717, 1.165) is 31.1 Å². The number of aromatic nitrogens is 2. The van der Waals surface area contributed by atoms with Gasteiger partial charge in [0.2, 0.25) is 0 Å². The zero-order chi connectivity index (χ0) is 11.4. The number of hydrogen-bond acceptors (Lipinski definition) is 5. The van der Waals surface area contributed by atoms with Crippen LogP contribution >= 0.6 is 11.8 Å². The molecule has 1 N–H and O–H groups in total. The first kappa shape index (κ1) is 11.2. The predicted molar refractivity (Wildman–Crippen MR) is 63.1 cm³/mol. The van der Waals surface area contributed by atoms with Gasteiger partial charge in [0.25, 0.3) is 0 Å². The minimum Gasteiger partial charge on any atom is -0.476 e. The van der Waals surface area contributed by atoms with E-state index in [0.29, 0.717) is 0 Å². The maximum atomic E-state index is 10.6. The highest BCUT2D eigenvalue weighted by Gasteiger charge is 2.12. The molecule has 86 valence electrons. The van der Waals surface area contributed by atoms with E-state index in [1.54, 1.807) is 6.07 Å². The molecule has 1 aliphatic rings. The Morgan fingerprint density at radius 3 is 2.88 bits per heavy atom. The third-order valence-electron chi connectivity index (χ3n) is 2.42. The van der Waals surface area contributed by atoms with Crippen molar-refractivity contribution in [3.8, 4) is 0 Å². The highest BCUT2D eigenvalue weighted by atomic mass is 32.2. The molecule has 1 saturated heterocycles. The van der Waals surface area contributed by atoms with Crippen molar-refractivity contribution in [3.63, 3.8) is 0 Å². The summed E-state index contributed by atoms with van der Waals surface area (Å²) in [5.74, 6) is 2.00. The number of carboxylic acids is 1. The molecule has 16 heavy (non-hydrogen) atoms. The minimum atomic E-state index is -1.04. The lowest BCUT2D eigenvalue weighted by Gasteiger charge is -2.19. The Kier molecular flexibility index (Phi) is 3.61. The molecule has 1 aromatic rings. The number of thioether (sulfide) groups is 1. The molecule has 0 aliphatic carbocycles. The van der Waals surface area contributed by atoms with E-state index in [-0.39, 0.29) is 5.69 Å². The van der Waals surface area contributed by atoms with E-state index in [1.807, 2.05) is 11.8 Å². The average molecular weight is 239 g/mol. The molecule has 0 atom stereocenters. The third-order valence-corrected chi connectivity index (χ3v) is 3.46. The van der Waals surface area contributed by atoms with Crippen LogP contribution in [0.5, 0.6) is 0 Å². The lowest BCUT2D eigenvalue weighted by Crippen LogP contribution is -2.26. The van der Waals surface area contributed by atoms with Crippen LogP contribution in [0.25, 0.3) is 0 Å². The van der Waals surface area contributed by atoms with Crippen LogP contribution < -0.4 is 4.90 Å². The Morgan fingerprint density at radius 1 is 1.31 bits per heavy atom. The quantitative estimate of drug-likeness (QED) is 0.834. The van der Waals surface area contributed by atoms with Crippen molar-refractivity contribution in [1.29, 1.82) is 0 Å². The fourth-order valence-corrected chi connectivity index (χ4v) is 2.47. The number of nitrogens with zero attached hydrogens (tertiary/aromatic N) is 3. The molecule has 2 heterocycles. The van der Waals surface area contributed by atoms with Crippen LogP contribution in [-0.4, -0.2) is 45.9 Å². The summed E-state index contributed by atoms with van der Waals surface area (Å²) < 4.78 is 0. The van der Waals surface area contributed by atoms with E-state index in [9.17, 15) is 4.79 Å². The topological polar surface area (TPSA) is 66.3 Å². The highest BCUT2D eigenvalue weighted by Crippen LogP contribution is 2.16. The first-order valence-electron chi connectivity index (χ1n) is 5.17. The summed E-state index contributed by atoms with van der Waals surface area (Å²) in [6, 6.07) is 3.23. The second-order valence-corrected chi connectivity index (χ2v) is 4.76. The molecule has 0 amide bonds. The molecular weight excluding hydrogens is 226 g/mol. The van der Waals surface area contributed by atoms with Crippen LogP contribution in [0.2, 0.25) is 0 Å². The third kappa shape index (κ3) is 2.63. The van der Waals surface area contributed by atoms with Crippen LogP contribution in [0, 0.1) is 0 Å². The molecule has 0 unspecified atom stereocenters. The van der Waals surface area contributed by atoms with E-state index in [1.165, 1.54) is 11.8 Å². The van der Waals surface area contributed by atoms with Crippen LogP contribution in [0.15, 0.2) is 12.1 Å². The number of carbonyl (C=O) groups is 1. The van der Waals surface area contributed by atoms with Gasteiger partial charge >= 0.3 is 5.97 Å². The molecule has 0 radical (unpaired) electrons. The molecule has 1 aliphatic heterocycles. The molecule has 5 nitrogen and oxygen atoms in total. The number of anilines is 1. The Morgan fingerprint density at radius 2 is 2.19 bits per heavy atom. The zero-order valence-electron chi connectivity index (χ0n) is 8.80. The van der Waals surface area contributed by atoms with Gasteiger partial charge in [-0.15, -0.1) is 10.2 Å². The van der Waals surface area contributed by atoms with Crippen molar-refractivity contribution in [2.24, 2.45) is 0 Å². The summed E-state index contributed by atoms with van der Waals surface area (Å²) in [5.41, 5.74) is -0.00653. The van der Waals surface area contributed by atoms with Gasteiger partial charge in [0.15, 0.2) is 11.5 Å². The standard InChI is InChI=1S/C10H13N3O2S/c14-10(15)8-2-3-9(12-11-8)13-4-1-6-16-7-5-13/h2-3H,1,4-7H2,(H,14,15). The second kappa shape index (κ2) is 5.16. The first-order valence-corrected chi connectivity index (χ1v) is 6.32. The summed E-state index contributed by atoms with van der Waals surface area (Å²) in [4.78, 5) is 12.8. The largest absolute Gasteiger partial charge is 0.476 e. The molecule has 0 saturated carbocycles. The Balaban J connectivity index is 2.10. The monoisotopic (exact) mass is 239 g/mol. The van der Waals surface area contributed by atoms with Crippen molar-refractivity contribution in [2.75, 3.05) is 29.5 Å². The van der Waals surface area contributed by atoms with Gasteiger partial charge in [0.1, 0.15) is 0 Å². The molecule has 2 rings (SSSR count). The van der Waals surface area contributed by atoms with E-state index < -0.39 is 5.97 Å². The van der Waals surface area contributed by atoms with Crippen molar-refractivity contribution in [1.82, 2.24) is 10.2 Å². The smallest absolute Gasteiger partial charge is 0.356 e. The van der Waals surface area contributed by atoms with Crippen molar-refractivity contribution < 1.29 is 9.90 Å². The maximum Gasteiger partial charge on any atom is 0.356 e. The van der Waals surface area contributed by atoms with Crippen LogP contribution in [0.3, 0.4) is 0 Å². The fraction of sp³-hybridized carbons (Fsp3) is 0.500. The van der Waals surface area contributed by atoms with Gasteiger partial charge < -0.3 is 10.0 Å². The molecule has 6 heteroatoms. The van der Waals surface area contributed by atoms with E-state index in [2.05, 4.69) is 15.1 Å². The van der Waals surface area contributed by atoms with Crippen LogP contribution in [-0.2, 0) is 0 Å². The van der Waals surface area contributed by atoms with E-state index in [4.69, 9.17) is 5.11 Å². The van der Waals surface area contributed by atoms with Gasteiger partial charge in [0, 0.05) is 18.8 Å². The second-order valence-electron chi connectivity index (χ2n) is 3.53. The van der Waals surface area contributed by atoms with Gasteiger partial charge in [-0.05, 0) is 24.3 Å². The Labute approximate surface area is 97.9 Å². The first-order chi connectivity index (χ1) is 7.77. The molecular formula is C10H13N3O2S. The lowest BCUT2D eigenvalue weighted by atomic mass is 10.3. The predicted octanol–water partition coefficient (Wildman–Crippen LogP) is 1.12. The van der Waals surface area contributed by atoms with E-state index >= 15 is 0 Å². The van der Waals surface area contributed by atoms with Gasteiger partial charge in [-0.25, -0.2) is 4.79 Å². The molecule has 0 aromatic carbocycles. The lowest BCUT2D eigenvalue weighted by molar-refractivity contribution is 0.0689. The zero-order valence-corrected chi connectivity index (χ0v) is 9.61. The molecule has 1 aromatic heterocycles. The summed E-state index contributed by atoms with van der Waals surface area (Å²) in [6.07, 6.45) is 1.13. The summed E-state index contributed by atoms with van der Waals surface area (Å²) in [6.45, 7) is 1.92. The Hall–Kier alpha value is -1.30. The van der Waals surface area contributed by atoms with Crippen molar-refractivity contribution in [3.05, 3.63) is 17.8 Å². The fourth-order valence-electron chi connectivity index (χ4n) is 1.58. The number of aromatic carboxylic acids is 1.